The molecule has 158 valence electrons. The predicted molar refractivity (Wildman–Crippen MR) is 131 cm³/mol. The molecule has 0 saturated carbocycles. The zero-order valence-electron chi connectivity index (χ0n) is 18.3. The molecule has 0 fully saturated rings. The van der Waals surface area contributed by atoms with Crippen LogP contribution in [0.1, 0.15) is 37.5 Å². The van der Waals surface area contributed by atoms with Gasteiger partial charge in [0.1, 0.15) is 0 Å². The van der Waals surface area contributed by atoms with E-state index in [0.29, 0.717) is 5.02 Å². The van der Waals surface area contributed by atoms with Gasteiger partial charge in [-0.3, -0.25) is 4.57 Å². The van der Waals surface area contributed by atoms with Gasteiger partial charge in [-0.2, -0.15) is 0 Å². The third kappa shape index (κ3) is 5.03. The molecular formula is C26H26ClN3S. The van der Waals surface area contributed by atoms with Gasteiger partial charge in [0.05, 0.1) is 0 Å². The molecule has 0 amide bonds. The highest BCUT2D eigenvalue weighted by Gasteiger charge is 2.17. The summed E-state index contributed by atoms with van der Waals surface area (Å²) in [5.74, 6) is 1.61. The lowest BCUT2D eigenvalue weighted by Crippen LogP contribution is -2.10. The summed E-state index contributed by atoms with van der Waals surface area (Å²) in [5, 5.41) is 10.6. The van der Waals surface area contributed by atoms with Crippen molar-refractivity contribution in [3.63, 3.8) is 0 Å². The Labute approximate surface area is 193 Å². The van der Waals surface area contributed by atoms with Gasteiger partial charge < -0.3 is 0 Å². The van der Waals surface area contributed by atoms with E-state index in [1.165, 1.54) is 16.7 Å². The molecule has 0 atom stereocenters. The van der Waals surface area contributed by atoms with Crippen molar-refractivity contribution in [1.29, 1.82) is 0 Å². The van der Waals surface area contributed by atoms with Crippen molar-refractivity contribution in [2.24, 2.45) is 0 Å². The minimum Gasteiger partial charge on any atom is -0.270 e. The molecule has 0 saturated heterocycles. The number of nitrogens with zero attached hydrogens (tertiary/aromatic N) is 3. The van der Waals surface area contributed by atoms with E-state index in [9.17, 15) is 0 Å². The Hall–Kier alpha value is -2.56. The second-order valence-corrected chi connectivity index (χ2v) is 10.1. The highest BCUT2D eigenvalue weighted by Crippen LogP contribution is 2.31. The largest absolute Gasteiger partial charge is 0.270 e. The molecule has 5 heteroatoms. The lowest BCUT2D eigenvalue weighted by molar-refractivity contribution is 0.590. The first-order chi connectivity index (χ1) is 14.8. The van der Waals surface area contributed by atoms with Crippen LogP contribution in [-0.2, 0) is 11.2 Å². The predicted octanol–water partition coefficient (Wildman–Crippen LogP) is 7.49. The van der Waals surface area contributed by atoms with Crippen LogP contribution in [0.3, 0.4) is 0 Å². The van der Waals surface area contributed by atoms with E-state index in [4.69, 9.17) is 11.6 Å². The summed E-state index contributed by atoms with van der Waals surface area (Å²) in [6.45, 7) is 8.79. The van der Waals surface area contributed by atoms with Crippen LogP contribution in [0.15, 0.2) is 78.0 Å². The Kier molecular flexibility index (Phi) is 6.22. The lowest BCUT2D eigenvalue weighted by Gasteiger charge is -2.19. The minimum absolute atomic E-state index is 0.156. The van der Waals surface area contributed by atoms with Crippen LogP contribution >= 0.6 is 23.4 Å². The van der Waals surface area contributed by atoms with E-state index in [1.807, 2.05) is 24.3 Å². The summed E-state index contributed by atoms with van der Waals surface area (Å²) in [6, 6.07) is 25.0. The molecule has 3 nitrogen and oxygen atoms in total. The quantitative estimate of drug-likeness (QED) is 0.297. The van der Waals surface area contributed by atoms with E-state index >= 15 is 0 Å². The van der Waals surface area contributed by atoms with Crippen molar-refractivity contribution < 1.29 is 0 Å². The van der Waals surface area contributed by atoms with Gasteiger partial charge in [0.2, 0.25) is 0 Å². The van der Waals surface area contributed by atoms with E-state index < -0.39 is 0 Å². The van der Waals surface area contributed by atoms with Gasteiger partial charge in [0.25, 0.3) is 0 Å². The van der Waals surface area contributed by atoms with Crippen LogP contribution in [0.5, 0.6) is 0 Å². The third-order valence-corrected chi connectivity index (χ3v) is 6.43. The molecule has 4 aromatic rings. The van der Waals surface area contributed by atoms with Crippen LogP contribution in [0, 0.1) is 6.92 Å². The highest BCUT2D eigenvalue weighted by atomic mass is 35.5. The van der Waals surface area contributed by atoms with Crippen molar-refractivity contribution in [3.05, 3.63) is 94.5 Å². The first kappa shape index (κ1) is 21.7. The summed E-state index contributed by atoms with van der Waals surface area (Å²) in [7, 11) is 0. The van der Waals surface area contributed by atoms with Crippen LogP contribution in [-0.4, -0.2) is 14.8 Å². The third-order valence-electron chi connectivity index (χ3n) is 5.20. The van der Waals surface area contributed by atoms with Gasteiger partial charge in [-0.15, -0.1) is 10.2 Å². The molecule has 4 rings (SSSR count). The Bertz CT molecular complexity index is 1170. The van der Waals surface area contributed by atoms with Gasteiger partial charge in [-0.1, -0.05) is 98.2 Å². The Morgan fingerprint density at radius 1 is 0.903 bits per heavy atom. The van der Waals surface area contributed by atoms with E-state index in [0.717, 1.165) is 28.0 Å². The highest BCUT2D eigenvalue weighted by molar-refractivity contribution is 7.98. The summed E-state index contributed by atoms with van der Waals surface area (Å²) in [5.41, 5.74) is 5.96. The molecular weight excluding hydrogens is 422 g/mol. The fraction of sp³-hybridized carbons (Fsp3) is 0.231. The summed E-state index contributed by atoms with van der Waals surface area (Å²) >= 11 is 7.93. The van der Waals surface area contributed by atoms with Crippen molar-refractivity contribution in [1.82, 2.24) is 14.8 Å². The van der Waals surface area contributed by atoms with Crippen molar-refractivity contribution in [2.75, 3.05) is 0 Å². The van der Waals surface area contributed by atoms with Gasteiger partial charge in [-0.25, -0.2) is 0 Å². The molecule has 0 unspecified atom stereocenters. The molecule has 1 heterocycles. The number of aromatic nitrogens is 3. The van der Waals surface area contributed by atoms with Crippen molar-refractivity contribution in [3.8, 4) is 17.1 Å². The Morgan fingerprint density at radius 2 is 1.61 bits per heavy atom. The van der Waals surface area contributed by atoms with Gasteiger partial charge in [0.15, 0.2) is 11.0 Å². The smallest absolute Gasteiger partial charge is 0.196 e. The maximum atomic E-state index is 6.24. The van der Waals surface area contributed by atoms with E-state index in [1.54, 1.807) is 11.8 Å². The SMILES string of the molecule is Cc1ccc(-n2c(SCc3ccc(C(C)(C)C)cc3)nnc2-c2cccc(Cl)c2)cc1. The number of aryl methyl sites for hydroxylation is 1. The van der Waals surface area contributed by atoms with E-state index in [2.05, 4.69) is 91.0 Å². The first-order valence-electron chi connectivity index (χ1n) is 10.3. The second kappa shape index (κ2) is 8.89. The first-order valence-corrected chi connectivity index (χ1v) is 11.7. The Morgan fingerprint density at radius 3 is 2.26 bits per heavy atom. The lowest BCUT2D eigenvalue weighted by atomic mass is 9.87. The molecule has 0 aliphatic carbocycles. The molecule has 0 aliphatic rings. The van der Waals surface area contributed by atoms with Crippen LogP contribution in [0.2, 0.25) is 5.02 Å². The van der Waals surface area contributed by atoms with Crippen molar-refractivity contribution >= 4 is 23.4 Å². The summed E-state index contributed by atoms with van der Waals surface area (Å²) < 4.78 is 2.11. The number of hydrogen-bond donors (Lipinski definition) is 0. The average molecular weight is 448 g/mol. The normalized spacial score (nSPS) is 11.6. The summed E-state index contributed by atoms with van der Waals surface area (Å²) in [6.07, 6.45) is 0. The zero-order chi connectivity index (χ0) is 22.0. The summed E-state index contributed by atoms with van der Waals surface area (Å²) in [4.78, 5) is 0. The maximum absolute atomic E-state index is 6.24. The number of halogens is 1. The molecule has 3 aromatic carbocycles. The van der Waals surface area contributed by atoms with Crippen LogP contribution in [0.25, 0.3) is 17.1 Å². The molecule has 31 heavy (non-hydrogen) atoms. The molecule has 0 bridgehead atoms. The zero-order valence-corrected chi connectivity index (χ0v) is 19.8. The fourth-order valence-electron chi connectivity index (χ4n) is 3.35. The Balaban J connectivity index is 1.67. The number of hydrogen-bond acceptors (Lipinski definition) is 3. The van der Waals surface area contributed by atoms with Crippen molar-refractivity contribution in [2.45, 2.75) is 44.0 Å². The number of benzene rings is 3. The average Bonchev–Trinajstić information content (AvgIpc) is 3.16. The number of thioether (sulfide) groups is 1. The molecule has 0 aliphatic heterocycles. The molecule has 1 aromatic heterocycles. The standard InChI is InChI=1S/C26H26ClN3S/c1-18-8-14-23(15-9-18)30-24(20-6-5-7-22(27)16-20)28-29-25(30)31-17-19-10-12-21(13-11-19)26(2,3)4/h5-16H,17H2,1-4H3. The number of rotatable bonds is 5. The topological polar surface area (TPSA) is 30.7 Å². The monoisotopic (exact) mass is 447 g/mol. The maximum Gasteiger partial charge on any atom is 0.196 e. The second-order valence-electron chi connectivity index (χ2n) is 8.72. The molecule has 0 N–H and O–H groups in total. The molecule has 0 spiro atoms. The van der Waals surface area contributed by atoms with Gasteiger partial charge >= 0.3 is 0 Å². The van der Waals surface area contributed by atoms with Gasteiger partial charge in [0, 0.05) is 22.0 Å². The van der Waals surface area contributed by atoms with Crippen LogP contribution in [0.4, 0.5) is 0 Å². The molecule has 0 radical (unpaired) electrons. The fourth-order valence-corrected chi connectivity index (χ4v) is 4.45. The van der Waals surface area contributed by atoms with Gasteiger partial charge in [-0.05, 0) is 47.7 Å². The van der Waals surface area contributed by atoms with Crippen LogP contribution < -0.4 is 0 Å². The minimum atomic E-state index is 0.156. The van der Waals surface area contributed by atoms with E-state index in [-0.39, 0.29) is 5.41 Å².